The van der Waals surface area contributed by atoms with Crippen LogP contribution in [0.5, 0.6) is 0 Å². The molecule has 1 fully saturated rings. The number of carbonyl (C=O) groups is 2. The Morgan fingerprint density at radius 1 is 1.29 bits per heavy atom. The van der Waals surface area contributed by atoms with Gasteiger partial charge in [0.2, 0.25) is 0 Å². The minimum absolute atomic E-state index is 0.00982. The van der Waals surface area contributed by atoms with E-state index in [9.17, 15) is 9.59 Å². The zero-order chi connectivity index (χ0) is 12.8. The summed E-state index contributed by atoms with van der Waals surface area (Å²) in [4.78, 5) is 24.1. The molecule has 0 spiro atoms. The van der Waals surface area contributed by atoms with E-state index in [1.54, 1.807) is 6.92 Å². The number of ether oxygens (including phenoxy) is 2. The lowest BCUT2D eigenvalue weighted by Gasteiger charge is -2.26. The molecule has 0 aliphatic carbocycles. The van der Waals surface area contributed by atoms with Crippen molar-refractivity contribution in [1.29, 1.82) is 0 Å². The standard InChI is InChI=1S/C13H22O4/c1-4-17-13(15)11(9(2)3)12(14)10-5-7-16-8-6-10/h9-11H,4-8H2,1-3H3. The van der Waals surface area contributed by atoms with Gasteiger partial charge in [0.25, 0.3) is 0 Å². The van der Waals surface area contributed by atoms with Gasteiger partial charge in [0, 0.05) is 19.1 Å². The van der Waals surface area contributed by atoms with Gasteiger partial charge in [0.15, 0.2) is 5.78 Å². The maximum Gasteiger partial charge on any atom is 0.316 e. The minimum Gasteiger partial charge on any atom is -0.465 e. The topological polar surface area (TPSA) is 52.6 Å². The van der Waals surface area contributed by atoms with Gasteiger partial charge in [-0.1, -0.05) is 13.8 Å². The van der Waals surface area contributed by atoms with Crippen LogP contribution < -0.4 is 0 Å². The molecule has 0 bridgehead atoms. The van der Waals surface area contributed by atoms with Crippen molar-refractivity contribution in [3.05, 3.63) is 0 Å². The Kier molecular flexibility index (Phi) is 5.62. The molecule has 1 unspecified atom stereocenters. The predicted molar refractivity (Wildman–Crippen MR) is 63.5 cm³/mol. The smallest absolute Gasteiger partial charge is 0.316 e. The molecule has 0 saturated carbocycles. The fourth-order valence-corrected chi connectivity index (χ4v) is 2.18. The third-order valence-electron chi connectivity index (χ3n) is 3.14. The molecule has 0 amide bonds. The van der Waals surface area contributed by atoms with Crippen molar-refractivity contribution in [2.75, 3.05) is 19.8 Å². The van der Waals surface area contributed by atoms with E-state index < -0.39 is 5.92 Å². The molecule has 1 saturated heterocycles. The Hall–Kier alpha value is -0.900. The Bertz CT molecular complexity index is 267. The first-order chi connectivity index (χ1) is 8.07. The summed E-state index contributed by atoms with van der Waals surface area (Å²) >= 11 is 0. The van der Waals surface area contributed by atoms with E-state index in [0.717, 1.165) is 12.8 Å². The van der Waals surface area contributed by atoms with Crippen molar-refractivity contribution < 1.29 is 19.1 Å². The average Bonchev–Trinajstić information content (AvgIpc) is 2.30. The van der Waals surface area contributed by atoms with Crippen LogP contribution in [-0.2, 0) is 19.1 Å². The highest BCUT2D eigenvalue weighted by Gasteiger charge is 2.36. The summed E-state index contributed by atoms with van der Waals surface area (Å²) in [5.41, 5.74) is 0. The van der Waals surface area contributed by atoms with E-state index in [-0.39, 0.29) is 23.6 Å². The molecule has 4 heteroatoms. The molecule has 98 valence electrons. The normalized spacial score (nSPS) is 19.1. The predicted octanol–water partition coefficient (Wildman–Crippen LogP) is 1.82. The first-order valence-electron chi connectivity index (χ1n) is 6.36. The lowest BCUT2D eigenvalue weighted by Crippen LogP contribution is -2.37. The second-order valence-corrected chi connectivity index (χ2v) is 4.76. The van der Waals surface area contributed by atoms with E-state index >= 15 is 0 Å². The summed E-state index contributed by atoms with van der Waals surface area (Å²) in [7, 11) is 0. The number of hydrogen-bond donors (Lipinski definition) is 0. The molecular weight excluding hydrogens is 220 g/mol. The Balaban J connectivity index is 2.68. The lowest BCUT2D eigenvalue weighted by molar-refractivity contribution is -0.155. The molecule has 4 nitrogen and oxygen atoms in total. The number of esters is 1. The number of Topliss-reactive ketones (excluding diaryl/α,β-unsaturated/α-hetero) is 1. The molecule has 1 heterocycles. The van der Waals surface area contributed by atoms with Crippen molar-refractivity contribution in [2.45, 2.75) is 33.6 Å². The fraction of sp³-hybridized carbons (Fsp3) is 0.846. The van der Waals surface area contributed by atoms with Gasteiger partial charge in [0.05, 0.1) is 6.61 Å². The van der Waals surface area contributed by atoms with Crippen molar-refractivity contribution in [2.24, 2.45) is 17.8 Å². The summed E-state index contributed by atoms with van der Waals surface area (Å²) in [6.07, 6.45) is 1.45. The van der Waals surface area contributed by atoms with Gasteiger partial charge in [-0.2, -0.15) is 0 Å². The highest BCUT2D eigenvalue weighted by molar-refractivity contribution is 6.00. The van der Waals surface area contributed by atoms with Gasteiger partial charge in [-0.3, -0.25) is 9.59 Å². The van der Waals surface area contributed by atoms with Crippen molar-refractivity contribution >= 4 is 11.8 Å². The third kappa shape index (κ3) is 3.80. The summed E-state index contributed by atoms with van der Waals surface area (Å²) < 4.78 is 10.2. The molecule has 1 atom stereocenters. The van der Waals surface area contributed by atoms with E-state index in [4.69, 9.17) is 9.47 Å². The van der Waals surface area contributed by atoms with Crippen LogP contribution in [0.2, 0.25) is 0 Å². The molecule has 1 rings (SSSR count). The van der Waals surface area contributed by atoms with Crippen LogP contribution in [-0.4, -0.2) is 31.6 Å². The first kappa shape index (κ1) is 14.2. The second-order valence-electron chi connectivity index (χ2n) is 4.76. The molecule has 17 heavy (non-hydrogen) atoms. The highest BCUT2D eigenvalue weighted by atomic mass is 16.5. The van der Waals surface area contributed by atoms with Crippen LogP contribution in [0.4, 0.5) is 0 Å². The number of rotatable bonds is 5. The Labute approximate surface area is 103 Å². The van der Waals surface area contributed by atoms with Gasteiger partial charge in [-0.15, -0.1) is 0 Å². The largest absolute Gasteiger partial charge is 0.465 e. The van der Waals surface area contributed by atoms with Crippen LogP contribution >= 0.6 is 0 Å². The second kappa shape index (κ2) is 6.74. The molecular formula is C13H22O4. The monoisotopic (exact) mass is 242 g/mol. The SMILES string of the molecule is CCOC(=O)C(C(=O)C1CCOCC1)C(C)C. The van der Waals surface area contributed by atoms with E-state index in [1.165, 1.54) is 0 Å². The van der Waals surface area contributed by atoms with Crippen molar-refractivity contribution in [3.63, 3.8) is 0 Å². The highest BCUT2D eigenvalue weighted by Crippen LogP contribution is 2.24. The van der Waals surface area contributed by atoms with Gasteiger partial charge >= 0.3 is 5.97 Å². The van der Waals surface area contributed by atoms with E-state index in [1.807, 2.05) is 13.8 Å². The summed E-state index contributed by atoms with van der Waals surface area (Å²) in [6, 6.07) is 0. The lowest BCUT2D eigenvalue weighted by atomic mass is 9.82. The van der Waals surface area contributed by atoms with Crippen LogP contribution in [0.15, 0.2) is 0 Å². The van der Waals surface area contributed by atoms with E-state index in [0.29, 0.717) is 19.8 Å². The molecule has 0 radical (unpaired) electrons. The minimum atomic E-state index is -0.613. The van der Waals surface area contributed by atoms with Gasteiger partial charge in [-0.05, 0) is 25.7 Å². The van der Waals surface area contributed by atoms with Gasteiger partial charge in [-0.25, -0.2) is 0 Å². The summed E-state index contributed by atoms with van der Waals surface area (Å²) in [5.74, 6) is -1.01. The number of ketones is 1. The van der Waals surface area contributed by atoms with Gasteiger partial charge in [0.1, 0.15) is 5.92 Å². The maximum atomic E-state index is 12.3. The number of carbonyl (C=O) groups excluding carboxylic acids is 2. The Morgan fingerprint density at radius 3 is 2.35 bits per heavy atom. The zero-order valence-corrected chi connectivity index (χ0v) is 10.9. The third-order valence-corrected chi connectivity index (χ3v) is 3.14. The quantitative estimate of drug-likeness (QED) is 0.545. The van der Waals surface area contributed by atoms with Crippen molar-refractivity contribution in [1.82, 2.24) is 0 Å². The number of hydrogen-bond acceptors (Lipinski definition) is 4. The van der Waals surface area contributed by atoms with Crippen LogP contribution in [0, 0.1) is 17.8 Å². The molecule has 0 N–H and O–H groups in total. The van der Waals surface area contributed by atoms with Crippen LogP contribution in [0.3, 0.4) is 0 Å². The first-order valence-corrected chi connectivity index (χ1v) is 6.36. The van der Waals surface area contributed by atoms with Crippen LogP contribution in [0.25, 0.3) is 0 Å². The average molecular weight is 242 g/mol. The zero-order valence-electron chi connectivity index (χ0n) is 10.9. The summed E-state index contributed by atoms with van der Waals surface area (Å²) in [6.45, 7) is 7.09. The molecule has 0 aromatic heterocycles. The Morgan fingerprint density at radius 2 is 1.88 bits per heavy atom. The van der Waals surface area contributed by atoms with Crippen molar-refractivity contribution in [3.8, 4) is 0 Å². The molecule has 1 aliphatic heterocycles. The van der Waals surface area contributed by atoms with E-state index in [2.05, 4.69) is 0 Å². The summed E-state index contributed by atoms with van der Waals surface area (Å²) in [5, 5.41) is 0. The van der Waals surface area contributed by atoms with Gasteiger partial charge < -0.3 is 9.47 Å². The fourth-order valence-electron chi connectivity index (χ4n) is 2.18. The molecule has 1 aliphatic rings. The molecule has 0 aromatic carbocycles. The van der Waals surface area contributed by atoms with Crippen LogP contribution in [0.1, 0.15) is 33.6 Å². The molecule has 0 aromatic rings. The maximum absolute atomic E-state index is 12.3.